The third-order valence-electron chi connectivity index (χ3n) is 16.0. The molecule has 95 heavy (non-hydrogen) atoms. The first-order valence-electron chi connectivity index (χ1n) is 32.2. The van der Waals surface area contributed by atoms with Gasteiger partial charge in [-0.2, -0.15) is 11.8 Å². The number of thioether (sulfide) groups is 1. The maximum absolute atomic E-state index is 14.7. The lowest BCUT2D eigenvalue weighted by Gasteiger charge is -2.32. The fourth-order valence-corrected chi connectivity index (χ4v) is 11.5. The van der Waals surface area contributed by atoms with Crippen LogP contribution in [-0.2, 0) is 75.2 Å². The number of unbranched alkanes of at least 4 members (excludes halogenated alkanes) is 1. The van der Waals surface area contributed by atoms with Gasteiger partial charge < -0.3 is 92.5 Å². The molecule has 32 heteroatoms. The Morgan fingerprint density at radius 2 is 1.01 bits per heavy atom. The van der Waals surface area contributed by atoms with Crippen molar-refractivity contribution in [3.63, 3.8) is 0 Å². The van der Waals surface area contributed by atoms with Gasteiger partial charge in [0.05, 0.1) is 12.6 Å². The summed E-state index contributed by atoms with van der Waals surface area (Å²) in [4.78, 5) is 185. The zero-order valence-corrected chi connectivity index (χ0v) is 55.3. The van der Waals surface area contributed by atoms with E-state index in [1.807, 2.05) is 20.1 Å². The van der Waals surface area contributed by atoms with Gasteiger partial charge in [-0.3, -0.25) is 67.3 Å². The van der Waals surface area contributed by atoms with Gasteiger partial charge in [0.2, 0.25) is 76.8 Å². The summed E-state index contributed by atoms with van der Waals surface area (Å²) < 4.78 is 0. The predicted octanol–water partition coefficient (Wildman–Crippen LogP) is -3.71. The summed E-state index contributed by atoms with van der Waals surface area (Å²) in [6, 6.07) is 4.51. The highest BCUT2D eigenvalue weighted by Gasteiger charge is 2.42. The van der Waals surface area contributed by atoms with Crippen LogP contribution in [0.4, 0.5) is 0 Å². The van der Waals surface area contributed by atoms with Crippen molar-refractivity contribution >= 4 is 94.5 Å². The Morgan fingerprint density at radius 1 is 0.537 bits per heavy atom. The molecule has 0 bridgehead atoms. The van der Waals surface area contributed by atoms with Crippen LogP contribution in [0, 0.1) is 5.92 Å². The zero-order chi connectivity index (χ0) is 70.1. The number of rotatable bonds is 42. The van der Waals surface area contributed by atoms with Crippen molar-refractivity contribution in [2.45, 2.75) is 183 Å². The first-order chi connectivity index (χ1) is 45.2. The number of hydrogen-bond donors (Lipinski definition) is 15. The molecule has 0 spiro atoms. The number of carbonyl (C=O) groups excluding carboxylic acids is 13. The maximum atomic E-state index is 14.7. The number of carbonyl (C=O) groups is 13. The van der Waals surface area contributed by atoms with Crippen LogP contribution in [0.25, 0.3) is 0 Å². The lowest BCUT2D eigenvalue weighted by molar-refractivity contribution is -0.144. The van der Waals surface area contributed by atoms with Crippen molar-refractivity contribution in [2.75, 3.05) is 44.7 Å². The van der Waals surface area contributed by atoms with Gasteiger partial charge in [0.1, 0.15) is 54.4 Å². The summed E-state index contributed by atoms with van der Waals surface area (Å²) >= 11 is 1.45. The van der Waals surface area contributed by atoms with Gasteiger partial charge in [-0.25, -0.2) is 0 Å². The zero-order valence-electron chi connectivity index (χ0n) is 54.5. The van der Waals surface area contributed by atoms with Crippen LogP contribution in [0.2, 0.25) is 0 Å². The Labute approximate surface area is 558 Å². The van der Waals surface area contributed by atoms with Crippen LogP contribution in [0.3, 0.4) is 0 Å². The fraction of sp³-hybridized carbons (Fsp3) is 0.587. The largest absolute Gasteiger partial charge is 0.370 e. The van der Waals surface area contributed by atoms with Crippen LogP contribution in [0.1, 0.15) is 121 Å². The van der Waals surface area contributed by atoms with E-state index >= 15 is 0 Å². The van der Waals surface area contributed by atoms with Gasteiger partial charge in [-0.1, -0.05) is 74.5 Å². The second kappa shape index (κ2) is 41.0. The van der Waals surface area contributed by atoms with Gasteiger partial charge in [0, 0.05) is 45.3 Å². The minimum absolute atomic E-state index is 0.0736. The molecule has 524 valence electrons. The number of nitrogens with one attached hydrogen (secondary N) is 8. The number of aliphatic imine (C=N–C) groups is 1. The molecule has 0 aromatic heterocycles. The van der Waals surface area contributed by atoms with E-state index in [2.05, 4.69) is 47.5 Å². The fourth-order valence-electron chi connectivity index (χ4n) is 11.0. The van der Waals surface area contributed by atoms with Crippen molar-refractivity contribution in [3.8, 4) is 0 Å². The molecule has 2 fully saturated rings. The molecule has 10 atom stereocenters. The van der Waals surface area contributed by atoms with E-state index in [1.54, 1.807) is 60.7 Å². The van der Waals surface area contributed by atoms with E-state index in [0.29, 0.717) is 55.4 Å². The second-order valence-electron chi connectivity index (χ2n) is 24.1. The third-order valence-corrected chi connectivity index (χ3v) is 16.7. The quantitative estimate of drug-likeness (QED) is 0.0173. The highest BCUT2D eigenvalue weighted by Crippen LogP contribution is 2.24. The van der Waals surface area contributed by atoms with Gasteiger partial charge in [-0.05, 0) is 119 Å². The molecule has 0 radical (unpaired) electrons. The van der Waals surface area contributed by atoms with Gasteiger partial charge in [-0.15, -0.1) is 0 Å². The lowest BCUT2D eigenvalue weighted by atomic mass is 10.0. The molecule has 2 heterocycles. The van der Waals surface area contributed by atoms with Crippen LogP contribution in [-0.4, -0.2) is 198 Å². The summed E-state index contributed by atoms with van der Waals surface area (Å²) in [6.07, 6.45) is 3.12. The van der Waals surface area contributed by atoms with E-state index in [4.69, 9.17) is 40.1 Å². The lowest BCUT2D eigenvalue weighted by Crippen LogP contribution is -2.60. The van der Waals surface area contributed by atoms with Gasteiger partial charge in [0.25, 0.3) is 0 Å². The first kappa shape index (κ1) is 78.5. The topological polar surface area (TPSA) is 519 Å². The Hall–Kier alpha value is -8.91. The average molecular weight is 1350 g/mol. The number of nitrogens with zero attached hydrogens (tertiary/aromatic N) is 3. The second-order valence-corrected chi connectivity index (χ2v) is 25.1. The van der Waals surface area contributed by atoms with Crippen LogP contribution >= 0.6 is 11.8 Å². The number of guanidine groups is 1. The minimum Gasteiger partial charge on any atom is -0.370 e. The molecule has 0 aliphatic carbocycles. The van der Waals surface area contributed by atoms with Crippen molar-refractivity contribution in [3.05, 3.63) is 71.8 Å². The van der Waals surface area contributed by atoms with Crippen LogP contribution in [0.5, 0.6) is 0 Å². The van der Waals surface area contributed by atoms with Crippen LogP contribution < -0.4 is 82.7 Å². The number of nitrogens with two attached hydrogens (primary N) is 7. The Bertz CT molecular complexity index is 2960. The predicted molar refractivity (Wildman–Crippen MR) is 356 cm³/mol. The number of likely N-dealkylation sites (tertiary alicyclic amines) is 2. The summed E-state index contributed by atoms with van der Waals surface area (Å²) in [7, 11) is 0. The first-order valence-corrected chi connectivity index (χ1v) is 33.6. The van der Waals surface area contributed by atoms with E-state index in [0.717, 1.165) is 0 Å². The minimum atomic E-state index is -1.64. The molecule has 2 saturated heterocycles. The smallest absolute Gasteiger partial charge is 0.245 e. The summed E-state index contributed by atoms with van der Waals surface area (Å²) in [5.41, 5.74) is 40.6. The number of amides is 13. The molecule has 4 rings (SSSR count). The molecule has 0 unspecified atom stereocenters. The van der Waals surface area contributed by atoms with E-state index in [1.165, 1.54) is 21.6 Å². The average Bonchev–Trinajstić information content (AvgIpc) is 1.74. The molecular formula is C63H98N18O13S. The molecule has 22 N–H and O–H groups in total. The van der Waals surface area contributed by atoms with Gasteiger partial charge >= 0.3 is 0 Å². The standard InChI is InChI=1S/C63H98N18O13S/c1-37(2)33-45(57(89)74-41(53(68)85)27-32-95-3)73-52(84)36-72-54(86)46(34-38-15-6-4-7-16-38)78-58(90)47(35-39-17-8-5-9-18-39)79-56(88)42(23-25-50(66)82)75-55(87)43(24-26-51(67)83)76-59(91)49-22-14-31-81(49)62(94)44(20-10-11-28-64)77-60(92)48-21-13-30-80(48)61(93)40(65)19-12-29-71-63(69)70/h4-9,15-18,37,40-49H,10-14,19-36,64-65H2,1-3H3,(H2,66,82)(H2,67,83)(H2,68,85)(H,72,86)(H,73,84)(H,74,89)(H,75,87)(H,76,91)(H,77,92)(H,78,90)(H,79,88)(H4,69,70,71)/t40-,41+,42+,43-,44+,45-,46+,47+,48-,49+/m1/s1. The summed E-state index contributed by atoms with van der Waals surface area (Å²) in [6.45, 7) is 3.86. The number of primary amides is 3. The molecular weight excluding hydrogens is 1250 g/mol. The Kier molecular flexibility index (Phi) is 33.9. The number of benzene rings is 2. The summed E-state index contributed by atoms with van der Waals surface area (Å²) in [5.74, 6) is -9.80. The highest BCUT2D eigenvalue weighted by atomic mass is 32.2. The van der Waals surface area contributed by atoms with E-state index < -0.39 is 169 Å². The Balaban J connectivity index is 1.56. The normalized spacial score (nSPS) is 16.8. The molecule has 2 aliphatic heterocycles. The maximum Gasteiger partial charge on any atom is 0.245 e. The third kappa shape index (κ3) is 27.5. The van der Waals surface area contributed by atoms with Crippen molar-refractivity contribution in [1.82, 2.24) is 52.3 Å². The van der Waals surface area contributed by atoms with Crippen molar-refractivity contribution in [2.24, 2.45) is 51.0 Å². The van der Waals surface area contributed by atoms with Gasteiger partial charge in [0.15, 0.2) is 5.96 Å². The van der Waals surface area contributed by atoms with E-state index in [-0.39, 0.29) is 83.0 Å². The molecule has 2 aromatic rings. The van der Waals surface area contributed by atoms with Crippen molar-refractivity contribution in [1.29, 1.82) is 0 Å². The molecule has 2 aromatic carbocycles. The molecule has 0 saturated carbocycles. The highest BCUT2D eigenvalue weighted by molar-refractivity contribution is 7.98. The number of hydrogen-bond acceptors (Lipinski definition) is 17. The SMILES string of the molecule is CSCC[C@H](NC(=O)[C@@H](CC(C)C)NC(=O)CNC(=O)[C@H](Cc1ccccc1)NC(=O)[C@H](Cc1ccccc1)NC(=O)[C@H](CCC(N)=O)NC(=O)[C@@H](CCC(N)=O)NC(=O)[C@@H]1CCCN1C(=O)[C@H](CCCCN)NC(=O)[C@H]1CCCN1C(=O)[C@H](N)CCCN=C(N)N)C(N)=O. The Morgan fingerprint density at radius 3 is 1.51 bits per heavy atom. The monoisotopic (exact) mass is 1350 g/mol. The van der Waals surface area contributed by atoms with Crippen molar-refractivity contribution < 1.29 is 62.3 Å². The summed E-state index contributed by atoms with van der Waals surface area (Å²) in [5, 5.41) is 21.1. The molecule has 2 aliphatic rings. The van der Waals surface area contributed by atoms with Crippen LogP contribution in [0.15, 0.2) is 65.7 Å². The van der Waals surface area contributed by atoms with E-state index in [9.17, 15) is 62.3 Å². The molecule has 31 nitrogen and oxygen atoms in total. The molecule has 13 amide bonds.